The van der Waals surface area contributed by atoms with Crippen molar-refractivity contribution in [2.24, 2.45) is 0 Å². The molecule has 0 aliphatic rings. The molecule has 0 aliphatic carbocycles. The second-order valence-electron chi connectivity index (χ2n) is 20.6. The summed E-state index contributed by atoms with van der Waals surface area (Å²) in [6.07, 6.45) is 68.6. The fourth-order valence-electron chi connectivity index (χ4n) is 9.54. The van der Waals surface area contributed by atoms with Gasteiger partial charge in [-0.25, -0.2) is 0 Å². The maximum absolute atomic E-state index is 12.5. The molecule has 0 radical (unpaired) electrons. The van der Waals surface area contributed by atoms with Crippen LogP contribution in [0.25, 0.3) is 0 Å². The van der Waals surface area contributed by atoms with Crippen molar-refractivity contribution < 1.29 is 20.1 Å². The fraction of sp³-hybridized carbons (Fsp3) is 0.949. The van der Waals surface area contributed by atoms with E-state index in [0.717, 1.165) is 32.1 Å². The van der Waals surface area contributed by atoms with Crippen molar-refractivity contribution in [3.63, 3.8) is 0 Å². The largest absolute Gasteiger partial charge is 0.394 e. The van der Waals surface area contributed by atoms with Crippen molar-refractivity contribution in [1.82, 2.24) is 5.32 Å². The predicted molar refractivity (Wildman–Crippen MR) is 282 cm³/mol. The van der Waals surface area contributed by atoms with Gasteiger partial charge in [0.15, 0.2) is 0 Å². The highest BCUT2D eigenvalue weighted by atomic mass is 16.3. The first-order chi connectivity index (χ1) is 31.6. The number of carbonyl (C=O) groups excluding carboxylic acids is 1. The maximum atomic E-state index is 12.5. The molecule has 0 bridgehead atoms. The molecule has 0 spiro atoms. The van der Waals surface area contributed by atoms with Crippen LogP contribution < -0.4 is 5.32 Å². The highest BCUT2D eigenvalue weighted by Gasteiger charge is 2.23. The zero-order valence-corrected chi connectivity index (χ0v) is 43.7. The molecule has 0 aromatic carbocycles. The van der Waals surface area contributed by atoms with Gasteiger partial charge in [0.05, 0.1) is 18.8 Å². The van der Waals surface area contributed by atoms with Crippen LogP contribution in [0.3, 0.4) is 0 Å². The molecule has 3 unspecified atom stereocenters. The number of aliphatic hydroxyl groups is 3. The number of rotatable bonds is 55. The molecular formula is C59H117NO4. The van der Waals surface area contributed by atoms with Crippen LogP contribution in [0.1, 0.15) is 335 Å². The van der Waals surface area contributed by atoms with Crippen LogP contribution in [0.4, 0.5) is 0 Å². The van der Waals surface area contributed by atoms with Gasteiger partial charge in [-0.3, -0.25) is 4.79 Å². The third-order valence-corrected chi connectivity index (χ3v) is 14.1. The molecule has 3 atom stereocenters. The van der Waals surface area contributed by atoms with Crippen LogP contribution in [-0.2, 0) is 4.79 Å². The molecular weight excluding hydrogens is 787 g/mol. The Balaban J connectivity index is 3.43. The van der Waals surface area contributed by atoms with E-state index in [2.05, 4.69) is 31.3 Å². The SMILES string of the molecule is CCCCCCCCCCCCCCCCCC/C=C\CCCCCCCCCCCCCCCCCCC(O)C(=O)NC(CO)C(O)CCCCCCCCCCCCCCCC. The molecule has 0 aliphatic heterocycles. The van der Waals surface area contributed by atoms with Crippen LogP contribution in [0.15, 0.2) is 12.2 Å². The van der Waals surface area contributed by atoms with Gasteiger partial charge < -0.3 is 20.6 Å². The molecule has 382 valence electrons. The Bertz CT molecular complexity index is 909. The lowest BCUT2D eigenvalue weighted by Crippen LogP contribution is -2.49. The molecule has 5 nitrogen and oxygen atoms in total. The van der Waals surface area contributed by atoms with E-state index in [-0.39, 0.29) is 6.61 Å². The molecule has 0 aromatic heterocycles. The van der Waals surface area contributed by atoms with Gasteiger partial charge in [-0.2, -0.15) is 0 Å². The maximum Gasteiger partial charge on any atom is 0.249 e. The van der Waals surface area contributed by atoms with E-state index < -0.39 is 24.2 Å². The van der Waals surface area contributed by atoms with E-state index in [0.29, 0.717) is 12.8 Å². The number of unbranched alkanes of at least 4 members (excludes halogenated alkanes) is 45. The summed E-state index contributed by atoms with van der Waals surface area (Å²) in [4.78, 5) is 12.5. The van der Waals surface area contributed by atoms with Crippen molar-refractivity contribution in [2.45, 2.75) is 353 Å². The van der Waals surface area contributed by atoms with Crippen molar-refractivity contribution in [3.05, 3.63) is 12.2 Å². The summed E-state index contributed by atoms with van der Waals surface area (Å²) >= 11 is 0. The van der Waals surface area contributed by atoms with Crippen molar-refractivity contribution in [3.8, 4) is 0 Å². The highest BCUT2D eigenvalue weighted by molar-refractivity contribution is 5.80. The van der Waals surface area contributed by atoms with Gasteiger partial charge >= 0.3 is 0 Å². The average molecular weight is 905 g/mol. The van der Waals surface area contributed by atoms with Crippen molar-refractivity contribution >= 4 is 5.91 Å². The standard InChI is InChI=1S/C59H117NO4/c1-3-5-7-9-11-13-15-17-19-20-21-22-23-24-25-26-27-28-29-30-31-32-33-34-35-36-37-38-39-40-42-44-46-48-50-52-54-58(63)59(64)60-56(55-61)57(62)53-51-49-47-45-43-41-18-16-14-12-10-8-6-4-2/h28-29,56-58,61-63H,3-27,30-55H2,1-2H3,(H,60,64)/b29-28-. The monoisotopic (exact) mass is 904 g/mol. The molecule has 1 amide bonds. The Hall–Kier alpha value is -0.910. The minimum absolute atomic E-state index is 0.309. The minimum Gasteiger partial charge on any atom is -0.394 e. The van der Waals surface area contributed by atoms with Gasteiger partial charge in [-0.05, 0) is 38.5 Å². The van der Waals surface area contributed by atoms with Crippen LogP contribution >= 0.6 is 0 Å². The van der Waals surface area contributed by atoms with Crippen LogP contribution in [0.5, 0.6) is 0 Å². The molecule has 0 aromatic rings. The van der Waals surface area contributed by atoms with Crippen LogP contribution in [-0.4, -0.2) is 46.1 Å². The number of aliphatic hydroxyl groups excluding tert-OH is 3. The minimum atomic E-state index is -1.07. The van der Waals surface area contributed by atoms with Crippen LogP contribution in [0, 0.1) is 0 Å². The highest BCUT2D eigenvalue weighted by Crippen LogP contribution is 2.18. The zero-order valence-electron chi connectivity index (χ0n) is 43.7. The van der Waals surface area contributed by atoms with Gasteiger partial charge in [0, 0.05) is 0 Å². The summed E-state index contributed by atoms with van der Waals surface area (Å²) in [6, 6.07) is -0.708. The van der Waals surface area contributed by atoms with Gasteiger partial charge in [0.2, 0.25) is 5.91 Å². The summed E-state index contributed by atoms with van der Waals surface area (Å²) < 4.78 is 0. The Kier molecular flexibility index (Phi) is 53.9. The lowest BCUT2D eigenvalue weighted by Gasteiger charge is -2.23. The smallest absolute Gasteiger partial charge is 0.249 e. The number of amides is 1. The number of carbonyl (C=O) groups is 1. The summed E-state index contributed by atoms with van der Waals surface area (Å²) in [5.74, 6) is -0.465. The number of allylic oxidation sites excluding steroid dienone is 2. The van der Waals surface area contributed by atoms with Gasteiger partial charge in [0.1, 0.15) is 6.10 Å². The van der Waals surface area contributed by atoms with E-state index in [1.165, 1.54) is 276 Å². The van der Waals surface area contributed by atoms with Gasteiger partial charge in [-0.1, -0.05) is 309 Å². The van der Waals surface area contributed by atoms with E-state index in [9.17, 15) is 20.1 Å². The predicted octanol–water partition coefficient (Wildman–Crippen LogP) is 18.3. The lowest BCUT2D eigenvalue weighted by molar-refractivity contribution is -0.131. The van der Waals surface area contributed by atoms with E-state index in [1.807, 2.05) is 0 Å². The summed E-state index contributed by atoms with van der Waals surface area (Å²) in [5.41, 5.74) is 0. The lowest BCUT2D eigenvalue weighted by atomic mass is 10.0. The summed E-state index contributed by atoms with van der Waals surface area (Å²) in [7, 11) is 0. The Labute approximate surface area is 401 Å². The first-order valence-electron chi connectivity index (χ1n) is 29.5. The third-order valence-electron chi connectivity index (χ3n) is 14.1. The molecule has 5 heteroatoms. The first-order valence-corrected chi connectivity index (χ1v) is 29.5. The number of hydrogen-bond donors (Lipinski definition) is 4. The summed E-state index contributed by atoms with van der Waals surface area (Å²) in [6.45, 7) is 4.26. The quantitative estimate of drug-likeness (QED) is 0.0362. The molecule has 0 saturated carbocycles. The van der Waals surface area contributed by atoms with E-state index >= 15 is 0 Å². The normalized spacial score (nSPS) is 13.3. The molecule has 0 saturated heterocycles. The molecule has 0 heterocycles. The van der Waals surface area contributed by atoms with E-state index in [4.69, 9.17) is 0 Å². The second kappa shape index (κ2) is 54.7. The Morgan fingerprint density at radius 2 is 0.594 bits per heavy atom. The van der Waals surface area contributed by atoms with Crippen molar-refractivity contribution in [2.75, 3.05) is 6.61 Å². The molecule has 0 rings (SSSR count). The molecule has 0 fully saturated rings. The second-order valence-corrected chi connectivity index (χ2v) is 20.6. The first kappa shape index (κ1) is 63.1. The Morgan fingerprint density at radius 1 is 0.359 bits per heavy atom. The topological polar surface area (TPSA) is 89.8 Å². The van der Waals surface area contributed by atoms with Gasteiger partial charge in [0.25, 0.3) is 0 Å². The van der Waals surface area contributed by atoms with Crippen LogP contribution in [0.2, 0.25) is 0 Å². The molecule has 4 N–H and O–H groups in total. The third kappa shape index (κ3) is 49.0. The number of nitrogens with one attached hydrogen (secondary N) is 1. The zero-order chi connectivity index (χ0) is 46.5. The number of hydrogen-bond acceptors (Lipinski definition) is 4. The average Bonchev–Trinajstić information content (AvgIpc) is 3.30. The van der Waals surface area contributed by atoms with Gasteiger partial charge in [-0.15, -0.1) is 0 Å². The summed E-state index contributed by atoms with van der Waals surface area (Å²) in [5, 5.41) is 33.5. The van der Waals surface area contributed by atoms with Crippen molar-refractivity contribution in [1.29, 1.82) is 0 Å². The molecule has 64 heavy (non-hydrogen) atoms. The Morgan fingerprint density at radius 3 is 0.859 bits per heavy atom. The fourth-order valence-corrected chi connectivity index (χ4v) is 9.54. The van der Waals surface area contributed by atoms with E-state index in [1.54, 1.807) is 0 Å².